The lowest BCUT2D eigenvalue weighted by Gasteiger charge is -1.97. The van der Waals surface area contributed by atoms with Gasteiger partial charge in [0, 0.05) is 6.20 Å². The van der Waals surface area contributed by atoms with Gasteiger partial charge in [-0.3, -0.25) is 4.68 Å². The van der Waals surface area contributed by atoms with Crippen LogP contribution in [0.25, 0.3) is 0 Å². The first-order chi connectivity index (χ1) is 6.25. The summed E-state index contributed by atoms with van der Waals surface area (Å²) in [5, 5.41) is 4.26. The predicted octanol–water partition coefficient (Wildman–Crippen LogP) is 1.54. The second-order valence-electron chi connectivity index (χ2n) is 3.01. The Kier molecular flexibility index (Phi) is 1.88. The normalized spacial score (nSPS) is 10.6. The molecular weight excluding hydrogens is 166 g/mol. The quantitative estimate of drug-likeness (QED) is 0.698. The van der Waals surface area contributed by atoms with Crippen molar-refractivity contribution in [1.82, 2.24) is 14.8 Å². The zero-order valence-electron chi connectivity index (χ0n) is 7.69. The molecule has 0 bridgehead atoms. The van der Waals surface area contributed by atoms with E-state index in [0.29, 0.717) is 6.54 Å². The van der Waals surface area contributed by atoms with Crippen molar-refractivity contribution in [2.45, 2.75) is 20.4 Å². The molecule has 4 nitrogen and oxygen atoms in total. The molecule has 0 unspecified atom stereocenters. The lowest BCUT2D eigenvalue weighted by molar-refractivity contribution is 0.521. The molecule has 0 radical (unpaired) electrons. The van der Waals surface area contributed by atoms with Gasteiger partial charge in [0.2, 0.25) is 0 Å². The number of nitrogens with zero attached hydrogens (tertiary/aromatic N) is 3. The summed E-state index contributed by atoms with van der Waals surface area (Å²) in [5.41, 5.74) is 1.95. The van der Waals surface area contributed by atoms with Gasteiger partial charge in [0.25, 0.3) is 0 Å². The van der Waals surface area contributed by atoms with Crippen LogP contribution in [0.2, 0.25) is 0 Å². The minimum Gasteiger partial charge on any atom is -0.448 e. The molecule has 2 heterocycles. The van der Waals surface area contributed by atoms with E-state index in [9.17, 15) is 0 Å². The highest BCUT2D eigenvalue weighted by molar-refractivity contribution is 5.06. The first-order valence-corrected chi connectivity index (χ1v) is 4.15. The van der Waals surface area contributed by atoms with Gasteiger partial charge < -0.3 is 4.42 Å². The highest BCUT2D eigenvalue weighted by Crippen LogP contribution is 2.06. The molecule has 0 saturated carbocycles. The molecule has 0 fully saturated rings. The van der Waals surface area contributed by atoms with E-state index < -0.39 is 0 Å². The molecule has 0 spiro atoms. The molecule has 2 aromatic heterocycles. The Morgan fingerprint density at radius 2 is 2.31 bits per heavy atom. The van der Waals surface area contributed by atoms with Crippen molar-refractivity contribution in [3.8, 4) is 0 Å². The minimum atomic E-state index is 0.677. The largest absolute Gasteiger partial charge is 0.448 e. The van der Waals surface area contributed by atoms with E-state index in [1.807, 2.05) is 30.8 Å². The second kappa shape index (κ2) is 3.05. The predicted molar refractivity (Wildman–Crippen MR) is 47.3 cm³/mol. The van der Waals surface area contributed by atoms with E-state index in [2.05, 4.69) is 10.1 Å². The van der Waals surface area contributed by atoms with Crippen molar-refractivity contribution in [3.63, 3.8) is 0 Å². The maximum absolute atomic E-state index is 5.09. The van der Waals surface area contributed by atoms with Gasteiger partial charge in [0.05, 0.1) is 12.2 Å². The summed E-state index contributed by atoms with van der Waals surface area (Å²) in [6.45, 7) is 4.54. The van der Waals surface area contributed by atoms with E-state index in [0.717, 1.165) is 17.1 Å². The summed E-state index contributed by atoms with van der Waals surface area (Å²) in [4.78, 5) is 4.09. The van der Waals surface area contributed by atoms with Crippen LogP contribution in [-0.4, -0.2) is 14.8 Å². The van der Waals surface area contributed by atoms with Crippen molar-refractivity contribution in [2.24, 2.45) is 0 Å². The fourth-order valence-electron chi connectivity index (χ4n) is 1.18. The Morgan fingerprint density at radius 3 is 2.85 bits per heavy atom. The summed E-state index contributed by atoms with van der Waals surface area (Å²) in [6, 6.07) is 1.97. The van der Waals surface area contributed by atoms with Crippen LogP contribution >= 0.6 is 0 Å². The van der Waals surface area contributed by atoms with Crippen LogP contribution in [0.5, 0.6) is 0 Å². The number of hydrogen-bond donors (Lipinski definition) is 0. The molecule has 68 valence electrons. The van der Waals surface area contributed by atoms with Crippen LogP contribution in [-0.2, 0) is 6.54 Å². The third-order valence-corrected chi connectivity index (χ3v) is 1.93. The van der Waals surface area contributed by atoms with Gasteiger partial charge in [-0.2, -0.15) is 5.10 Å². The number of aryl methyl sites for hydroxylation is 2. The Balaban J connectivity index is 2.19. The zero-order valence-corrected chi connectivity index (χ0v) is 7.69. The van der Waals surface area contributed by atoms with Gasteiger partial charge in [0.15, 0.2) is 6.39 Å². The maximum atomic E-state index is 5.09. The molecular formula is C9H11N3O. The highest BCUT2D eigenvalue weighted by atomic mass is 16.3. The van der Waals surface area contributed by atoms with Crippen molar-refractivity contribution >= 4 is 0 Å². The first kappa shape index (κ1) is 8.04. The molecule has 13 heavy (non-hydrogen) atoms. The fraction of sp³-hybridized carbons (Fsp3) is 0.333. The number of hydrogen-bond acceptors (Lipinski definition) is 3. The third kappa shape index (κ3) is 1.61. The lowest BCUT2D eigenvalue weighted by atomic mass is 10.4. The minimum absolute atomic E-state index is 0.677. The Hall–Kier alpha value is -1.58. The van der Waals surface area contributed by atoms with Crippen molar-refractivity contribution in [1.29, 1.82) is 0 Å². The van der Waals surface area contributed by atoms with E-state index in [1.54, 1.807) is 0 Å². The Morgan fingerprint density at radius 1 is 1.46 bits per heavy atom. The van der Waals surface area contributed by atoms with Crippen LogP contribution in [0, 0.1) is 13.8 Å². The molecule has 0 atom stereocenters. The van der Waals surface area contributed by atoms with Gasteiger partial charge in [0.1, 0.15) is 11.5 Å². The van der Waals surface area contributed by atoms with Crippen LogP contribution in [0.4, 0.5) is 0 Å². The molecule has 0 aliphatic heterocycles. The SMILES string of the molecule is Cc1ccn(Cc2ncoc2C)n1. The molecule has 0 saturated heterocycles. The summed E-state index contributed by atoms with van der Waals surface area (Å²) in [6.07, 6.45) is 3.39. The van der Waals surface area contributed by atoms with Gasteiger partial charge in [-0.1, -0.05) is 0 Å². The molecule has 2 aromatic rings. The summed E-state index contributed by atoms with van der Waals surface area (Å²) >= 11 is 0. The highest BCUT2D eigenvalue weighted by Gasteiger charge is 2.03. The Labute approximate surface area is 76.2 Å². The summed E-state index contributed by atoms with van der Waals surface area (Å²) in [7, 11) is 0. The smallest absolute Gasteiger partial charge is 0.181 e. The molecule has 0 N–H and O–H groups in total. The van der Waals surface area contributed by atoms with Gasteiger partial charge in [-0.15, -0.1) is 0 Å². The summed E-state index contributed by atoms with van der Waals surface area (Å²) < 4.78 is 6.94. The van der Waals surface area contributed by atoms with Crippen LogP contribution in [0.1, 0.15) is 17.1 Å². The average molecular weight is 177 g/mol. The molecule has 2 rings (SSSR count). The summed E-state index contributed by atoms with van der Waals surface area (Å²) in [5.74, 6) is 0.855. The number of oxazole rings is 1. The number of aromatic nitrogens is 3. The molecule has 0 aliphatic carbocycles. The van der Waals surface area contributed by atoms with E-state index in [4.69, 9.17) is 4.42 Å². The van der Waals surface area contributed by atoms with Gasteiger partial charge in [-0.05, 0) is 19.9 Å². The van der Waals surface area contributed by atoms with Crippen LogP contribution in [0.15, 0.2) is 23.1 Å². The van der Waals surface area contributed by atoms with E-state index in [1.165, 1.54) is 6.39 Å². The fourth-order valence-corrected chi connectivity index (χ4v) is 1.18. The van der Waals surface area contributed by atoms with Crippen LogP contribution in [0.3, 0.4) is 0 Å². The van der Waals surface area contributed by atoms with Crippen molar-refractivity contribution in [2.75, 3.05) is 0 Å². The van der Waals surface area contributed by atoms with Gasteiger partial charge in [-0.25, -0.2) is 4.98 Å². The average Bonchev–Trinajstić information content (AvgIpc) is 2.64. The molecule has 4 heteroatoms. The third-order valence-electron chi connectivity index (χ3n) is 1.93. The van der Waals surface area contributed by atoms with Gasteiger partial charge >= 0.3 is 0 Å². The first-order valence-electron chi connectivity index (χ1n) is 4.15. The van der Waals surface area contributed by atoms with Crippen molar-refractivity contribution < 1.29 is 4.42 Å². The number of rotatable bonds is 2. The van der Waals surface area contributed by atoms with E-state index >= 15 is 0 Å². The van der Waals surface area contributed by atoms with Crippen LogP contribution < -0.4 is 0 Å². The molecule has 0 amide bonds. The topological polar surface area (TPSA) is 43.9 Å². The van der Waals surface area contributed by atoms with Crippen molar-refractivity contribution in [3.05, 3.63) is 35.8 Å². The van der Waals surface area contributed by atoms with E-state index in [-0.39, 0.29) is 0 Å². The Bertz CT molecular complexity index is 402. The standard InChI is InChI=1S/C9H11N3O/c1-7-3-4-12(11-7)5-9-8(2)13-6-10-9/h3-4,6H,5H2,1-2H3. The molecule has 0 aliphatic rings. The maximum Gasteiger partial charge on any atom is 0.181 e. The zero-order chi connectivity index (χ0) is 9.26. The lowest BCUT2D eigenvalue weighted by Crippen LogP contribution is -2.01. The molecule has 0 aromatic carbocycles. The second-order valence-corrected chi connectivity index (χ2v) is 3.01. The monoisotopic (exact) mass is 177 g/mol.